The number of Topliss-reactive ketones (excluding diaryl/α,β-unsaturated/α-hetero) is 1. The summed E-state index contributed by atoms with van der Waals surface area (Å²) in [6, 6.07) is -0.334. The number of nitrogens with one attached hydrogen (secondary N) is 1. The second kappa shape index (κ2) is 7.43. The number of carbonyl (C=O) groups is 3. The molecule has 1 aliphatic heterocycles. The van der Waals surface area contributed by atoms with E-state index in [0.29, 0.717) is 13.0 Å². The van der Waals surface area contributed by atoms with Gasteiger partial charge in [0.25, 0.3) is 0 Å². The largest absolute Gasteiger partial charge is 0.446 e. The third-order valence-electron chi connectivity index (χ3n) is 4.25. The summed E-state index contributed by atoms with van der Waals surface area (Å²) in [5.41, 5.74) is 0. The average molecular weight is 296 g/mol. The minimum atomic E-state index is -0.536. The highest BCUT2D eigenvalue weighted by Crippen LogP contribution is 2.21. The van der Waals surface area contributed by atoms with Gasteiger partial charge in [-0.2, -0.15) is 0 Å². The van der Waals surface area contributed by atoms with Gasteiger partial charge in [0.1, 0.15) is 12.6 Å². The van der Waals surface area contributed by atoms with Crippen LogP contribution in [0.3, 0.4) is 0 Å². The molecule has 0 aromatic carbocycles. The normalized spacial score (nSPS) is 22.9. The molecule has 0 bridgehead atoms. The van der Waals surface area contributed by atoms with Gasteiger partial charge < -0.3 is 15.0 Å². The Hall–Kier alpha value is -1.59. The lowest BCUT2D eigenvalue weighted by molar-refractivity contribution is -0.139. The molecule has 0 spiro atoms. The summed E-state index contributed by atoms with van der Waals surface area (Å²) < 4.78 is 5.24. The van der Waals surface area contributed by atoms with Crippen LogP contribution < -0.4 is 5.32 Å². The zero-order valence-electron chi connectivity index (χ0n) is 12.6. The number of piperidine rings is 1. The van der Waals surface area contributed by atoms with Gasteiger partial charge in [-0.15, -0.1) is 0 Å². The molecule has 21 heavy (non-hydrogen) atoms. The van der Waals surface area contributed by atoms with Crippen LogP contribution in [0.4, 0.5) is 4.79 Å². The lowest BCUT2D eigenvalue weighted by Crippen LogP contribution is -2.50. The van der Waals surface area contributed by atoms with Crippen molar-refractivity contribution in [2.75, 3.05) is 13.1 Å². The van der Waals surface area contributed by atoms with Crippen molar-refractivity contribution in [2.45, 2.75) is 64.0 Å². The third kappa shape index (κ3) is 4.44. The van der Waals surface area contributed by atoms with E-state index in [1.54, 1.807) is 4.90 Å². The molecule has 1 aliphatic carbocycles. The van der Waals surface area contributed by atoms with E-state index in [2.05, 4.69) is 5.32 Å². The monoisotopic (exact) mass is 296 g/mol. The maximum absolute atomic E-state index is 12.2. The minimum Gasteiger partial charge on any atom is -0.446 e. The van der Waals surface area contributed by atoms with Crippen LogP contribution in [-0.4, -0.2) is 47.9 Å². The first-order chi connectivity index (χ1) is 10.1. The number of hydrogen-bond donors (Lipinski definition) is 1. The number of likely N-dealkylation sites (tertiary alicyclic amines) is 1. The molecule has 2 fully saturated rings. The first-order valence-corrected chi connectivity index (χ1v) is 7.82. The molecule has 2 rings (SSSR count). The molecule has 1 N–H and O–H groups in total. The standard InChI is InChI=1S/C15H24N2O4/c1-11(18)13-8-4-5-9-17(13)14(19)10-16-15(20)21-12-6-2-3-7-12/h12-13H,2-10H2,1H3,(H,16,20)/t13-/m0/s1. The fourth-order valence-corrected chi connectivity index (χ4v) is 3.10. The van der Waals surface area contributed by atoms with E-state index in [4.69, 9.17) is 4.74 Å². The summed E-state index contributed by atoms with van der Waals surface area (Å²) in [5, 5.41) is 2.50. The molecule has 1 atom stereocenters. The fourth-order valence-electron chi connectivity index (χ4n) is 3.10. The molecule has 1 saturated carbocycles. The highest BCUT2D eigenvalue weighted by molar-refractivity contribution is 5.89. The average Bonchev–Trinajstić information content (AvgIpc) is 2.97. The van der Waals surface area contributed by atoms with Crippen molar-refractivity contribution in [1.82, 2.24) is 10.2 Å². The lowest BCUT2D eigenvalue weighted by atomic mass is 9.99. The quantitative estimate of drug-likeness (QED) is 0.855. The topological polar surface area (TPSA) is 75.7 Å². The number of nitrogens with zero attached hydrogens (tertiary/aromatic N) is 1. The predicted octanol–water partition coefficient (Wildman–Crippen LogP) is 1.63. The maximum atomic E-state index is 12.2. The number of carbonyl (C=O) groups excluding carboxylic acids is 3. The van der Waals surface area contributed by atoms with E-state index in [1.807, 2.05) is 0 Å². The smallest absolute Gasteiger partial charge is 0.407 e. The molecule has 1 saturated heterocycles. The molecule has 0 unspecified atom stereocenters. The summed E-state index contributed by atoms with van der Waals surface area (Å²) >= 11 is 0. The molecule has 2 amide bonds. The van der Waals surface area contributed by atoms with Crippen LogP contribution in [0.2, 0.25) is 0 Å². The SMILES string of the molecule is CC(=O)[C@@H]1CCCCN1C(=O)CNC(=O)OC1CCCC1. The number of alkyl carbamates (subject to hydrolysis) is 1. The Morgan fingerprint density at radius 3 is 2.43 bits per heavy atom. The van der Waals surface area contributed by atoms with Crippen LogP contribution in [0.1, 0.15) is 51.9 Å². The summed E-state index contributed by atoms with van der Waals surface area (Å²) in [7, 11) is 0. The van der Waals surface area contributed by atoms with E-state index >= 15 is 0 Å². The van der Waals surface area contributed by atoms with Gasteiger partial charge in [0.15, 0.2) is 5.78 Å². The van der Waals surface area contributed by atoms with Crippen molar-refractivity contribution in [3.63, 3.8) is 0 Å². The van der Waals surface area contributed by atoms with E-state index in [9.17, 15) is 14.4 Å². The van der Waals surface area contributed by atoms with E-state index in [-0.39, 0.29) is 30.4 Å². The van der Waals surface area contributed by atoms with Crippen molar-refractivity contribution in [3.05, 3.63) is 0 Å². The van der Waals surface area contributed by atoms with Gasteiger partial charge in [-0.3, -0.25) is 9.59 Å². The molecule has 118 valence electrons. The number of ketones is 1. The van der Waals surface area contributed by atoms with Crippen LogP contribution in [0.15, 0.2) is 0 Å². The lowest BCUT2D eigenvalue weighted by Gasteiger charge is -2.34. The first kappa shape index (κ1) is 15.8. The van der Waals surface area contributed by atoms with Crippen molar-refractivity contribution in [3.8, 4) is 0 Å². The Morgan fingerprint density at radius 1 is 1.10 bits per heavy atom. The van der Waals surface area contributed by atoms with Gasteiger partial charge >= 0.3 is 6.09 Å². The van der Waals surface area contributed by atoms with Crippen LogP contribution in [-0.2, 0) is 14.3 Å². The molecule has 1 heterocycles. The Bertz CT molecular complexity index is 404. The van der Waals surface area contributed by atoms with Gasteiger partial charge in [0, 0.05) is 6.54 Å². The Labute approximate surface area is 125 Å². The zero-order chi connectivity index (χ0) is 15.2. The first-order valence-electron chi connectivity index (χ1n) is 7.82. The summed E-state index contributed by atoms with van der Waals surface area (Å²) in [5.74, 6) is -0.199. The predicted molar refractivity (Wildman–Crippen MR) is 76.8 cm³/mol. The summed E-state index contributed by atoms with van der Waals surface area (Å²) in [6.45, 7) is 2.00. The van der Waals surface area contributed by atoms with Crippen molar-refractivity contribution in [2.24, 2.45) is 0 Å². The molecular weight excluding hydrogens is 272 g/mol. The number of rotatable bonds is 4. The van der Waals surface area contributed by atoms with Gasteiger partial charge in [-0.05, 0) is 51.9 Å². The Kier molecular flexibility index (Phi) is 5.59. The number of amides is 2. The van der Waals surface area contributed by atoms with Crippen LogP contribution in [0.25, 0.3) is 0 Å². The zero-order valence-corrected chi connectivity index (χ0v) is 12.6. The van der Waals surface area contributed by atoms with Crippen molar-refractivity contribution in [1.29, 1.82) is 0 Å². The third-order valence-corrected chi connectivity index (χ3v) is 4.25. The molecule has 0 aromatic rings. The van der Waals surface area contributed by atoms with Crippen molar-refractivity contribution >= 4 is 17.8 Å². The maximum Gasteiger partial charge on any atom is 0.407 e. The van der Waals surface area contributed by atoms with Crippen LogP contribution in [0, 0.1) is 0 Å². The Morgan fingerprint density at radius 2 is 1.76 bits per heavy atom. The van der Waals surface area contributed by atoms with Gasteiger partial charge in [0.05, 0.1) is 6.04 Å². The number of ether oxygens (including phenoxy) is 1. The molecular formula is C15H24N2O4. The Balaban J connectivity index is 1.77. The molecule has 0 aromatic heterocycles. The second-order valence-corrected chi connectivity index (χ2v) is 5.87. The van der Waals surface area contributed by atoms with Crippen LogP contribution >= 0.6 is 0 Å². The van der Waals surface area contributed by atoms with E-state index < -0.39 is 6.09 Å². The number of hydrogen-bond acceptors (Lipinski definition) is 4. The highest BCUT2D eigenvalue weighted by atomic mass is 16.6. The van der Waals surface area contributed by atoms with E-state index in [0.717, 1.165) is 38.5 Å². The van der Waals surface area contributed by atoms with Gasteiger partial charge in [-0.25, -0.2) is 4.79 Å². The molecule has 2 aliphatic rings. The van der Waals surface area contributed by atoms with Gasteiger partial charge in [-0.1, -0.05) is 0 Å². The van der Waals surface area contributed by atoms with Crippen molar-refractivity contribution < 1.29 is 19.1 Å². The fraction of sp³-hybridized carbons (Fsp3) is 0.800. The molecule has 6 nitrogen and oxygen atoms in total. The molecule has 0 radical (unpaired) electrons. The second-order valence-electron chi connectivity index (χ2n) is 5.87. The molecule has 6 heteroatoms. The summed E-state index contributed by atoms with van der Waals surface area (Å²) in [6.07, 6.45) is 6.02. The minimum absolute atomic E-state index is 0.0107. The van der Waals surface area contributed by atoms with Crippen LogP contribution in [0.5, 0.6) is 0 Å². The highest BCUT2D eigenvalue weighted by Gasteiger charge is 2.30. The summed E-state index contributed by atoms with van der Waals surface area (Å²) in [4.78, 5) is 36.9. The van der Waals surface area contributed by atoms with Gasteiger partial charge in [0.2, 0.25) is 5.91 Å². The van der Waals surface area contributed by atoms with E-state index in [1.165, 1.54) is 6.92 Å².